The molecule has 1 fully saturated rings. The van der Waals surface area contributed by atoms with Gasteiger partial charge in [-0.2, -0.15) is 4.98 Å². The van der Waals surface area contributed by atoms with E-state index >= 15 is 0 Å². The van der Waals surface area contributed by atoms with Gasteiger partial charge in [0.05, 0.1) is 5.52 Å². The molecule has 0 aromatic carbocycles. The molecule has 1 aliphatic rings. The maximum atomic E-state index is 5.92. The summed E-state index contributed by atoms with van der Waals surface area (Å²) in [6, 6.07) is 3.53. The van der Waals surface area contributed by atoms with Crippen molar-refractivity contribution in [3.05, 3.63) is 17.3 Å². The topological polar surface area (TPSA) is 67.9 Å². The Balaban J connectivity index is 2.23. The van der Waals surface area contributed by atoms with E-state index in [4.69, 9.17) is 17.3 Å². The molecule has 0 bridgehead atoms. The van der Waals surface area contributed by atoms with Crippen molar-refractivity contribution in [3.8, 4) is 0 Å². The Morgan fingerprint density at radius 1 is 1.12 bits per heavy atom. The number of nitrogens with two attached hydrogens (primary N) is 1. The maximum Gasteiger partial charge on any atom is 0.222 e. The molecular formula is C11H12ClN5. The lowest BCUT2D eigenvalue weighted by atomic mass is 10.3. The molecule has 2 aromatic rings. The van der Waals surface area contributed by atoms with Crippen molar-refractivity contribution in [2.45, 2.75) is 12.8 Å². The van der Waals surface area contributed by atoms with Crippen LogP contribution in [0.1, 0.15) is 12.8 Å². The number of anilines is 2. The van der Waals surface area contributed by atoms with Gasteiger partial charge in [0, 0.05) is 13.1 Å². The summed E-state index contributed by atoms with van der Waals surface area (Å²) in [7, 11) is 0. The molecule has 1 aliphatic heterocycles. The van der Waals surface area contributed by atoms with E-state index in [1.807, 2.05) is 6.07 Å². The van der Waals surface area contributed by atoms with Crippen molar-refractivity contribution in [1.82, 2.24) is 15.0 Å². The van der Waals surface area contributed by atoms with E-state index in [2.05, 4.69) is 19.9 Å². The van der Waals surface area contributed by atoms with Gasteiger partial charge in [0.2, 0.25) is 5.95 Å². The van der Waals surface area contributed by atoms with Crippen LogP contribution in [0, 0.1) is 0 Å². The molecule has 0 atom stereocenters. The predicted molar refractivity (Wildman–Crippen MR) is 68.2 cm³/mol. The van der Waals surface area contributed by atoms with Gasteiger partial charge < -0.3 is 10.6 Å². The monoisotopic (exact) mass is 249 g/mol. The van der Waals surface area contributed by atoms with Crippen LogP contribution in [0.25, 0.3) is 11.0 Å². The van der Waals surface area contributed by atoms with Crippen LogP contribution in [0.2, 0.25) is 5.15 Å². The predicted octanol–water partition coefficient (Wildman–Crippen LogP) is 1.86. The van der Waals surface area contributed by atoms with E-state index < -0.39 is 0 Å². The number of pyridine rings is 1. The minimum Gasteiger partial charge on any atom is -0.368 e. The van der Waals surface area contributed by atoms with Gasteiger partial charge in [0.15, 0.2) is 5.82 Å². The zero-order chi connectivity index (χ0) is 11.8. The van der Waals surface area contributed by atoms with Gasteiger partial charge in [-0.25, -0.2) is 9.97 Å². The molecule has 2 N–H and O–H groups in total. The molecule has 3 heterocycles. The first-order chi connectivity index (χ1) is 8.24. The summed E-state index contributed by atoms with van der Waals surface area (Å²) in [5.74, 6) is 1.08. The first kappa shape index (κ1) is 10.5. The second-order valence-corrected chi connectivity index (χ2v) is 4.49. The zero-order valence-electron chi connectivity index (χ0n) is 9.23. The van der Waals surface area contributed by atoms with Crippen LogP contribution in [-0.4, -0.2) is 28.0 Å². The van der Waals surface area contributed by atoms with E-state index in [0.29, 0.717) is 5.15 Å². The molecule has 0 radical (unpaired) electrons. The van der Waals surface area contributed by atoms with Gasteiger partial charge in [-0.15, -0.1) is 0 Å². The highest BCUT2D eigenvalue weighted by molar-refractivity contribution is 6.29. The molecule has 17 heavy (non-hydrogen) atoms. The van der Waals surface area contributed by atoms with E-state index in [1.54, 1.807) is 6.07 Å². The number of nitrogens with zero attached hydrogens (tertiary/aromatic N) is 4. The lowest BCUT2D eigenvalue weighted by molar-refractivity contribution is 0.938. The second-order valence-electron chi connectivity index (χ2n) is 4.10. The van der Waals surface area contributed by atoms with E-state index in [9.17, 15) is 0 Å². The Kier molecular flexibility index (Phi) is 2.48. The summed E-state index contributed by atoms with van der Waals surface area (Å²) in [5, 5.41) is 0.450. The van der Waals surface area contributed by atoms with Crippen molar-refractivity contribution in [2.75, 3.05) is 23.7 Å². The highest BCUT2D eigenvalue weighted by atomic mass is 35.5. The molecule has 0 unspecified atom stereocenters. The molecule has 0 spiro atoms. The third-order valence-electron chi connectivity index (χ3n) is 2.91. The molecule has 2 aromatic heterocycles. The Morgan fingerprint density at radius 3 is 2.65 bits per heavy atom. The maximum absolute atomic E-state index is 5.92. The highest BCUT2D eigenvalue weighted by Crippen LogP contribution is 2.26. The van der Waals surface area contributed by atoms with Gasteiger partial charge in [-0.1, -0.05) is 11.6 Å². The summed E-state index contributed by atoms with van der Waals surface area (Å²) in [4.78, 5) is 15.0. The van der Waals surface area contributed by atoms with Crippen molar-refractivity contribution in [1.29, 1.82) is 0 Å². The Hall–Kier alpha value is -1.62. The van der Waals surface area contributed by atoms with Crippen molar-refractivity contribution >= 4 is 34.4 Å². The summed E-state index contributed by atoms with van der Waals surface area (Å²) >= 11 is 5.92. The minimum absolute atomic E-state index is 0.281. The lowest BCUT2D eigenvalue weighted by Gasteiger charge is -2.17. The minimum atomic E-state index is 0.281. The van der Waals surface area contributed by atoms with E-state index in [0.717, 1.165) is 29.9 Å². The van der Waals surface area contributed by atoms with Crippen LogP contribution < -0.4 is 10.6 Å². The summed E-state index contributed by atoms with van der Waals surface area (Å²) in [5.41, 5.74) is 7.19. The zero-order valence-corrected chi connectivity index (χ0v) is 9.98. The summed E-state index contributed by atoms with van der Waals surface area (Å²) in [6.45, 7) is 1.97. The number of aromatic nitrogens is 3. The SMILES string of the molecule is Nc1nc(N2CCCC2)c2nc(Cl)ccc2n1. The van der Waals surface area contributed by atoms with E-state index in [1.165, 1.54) is 12.8 Å². The number of hydrogen-bond donors (Lipinski definition) is 1. The number of nitrogen functional groups attached to an aromatic ring is 1. The smallest absolute Gasteiger partial charge is 0.222 e. The molecule has 1 saturated heterocycles. The van der Waals surface area contributed by atoms with Gasteiger partial charge >= 0.3 is 0 Å². The van der Waals surface area contributed by atoms with Gasteiger partial charge in [0.25, 0.3) is 0 Å². The van der Waals surface area contributed by atoms with Crippen LogP contribution in [0.5, 0.6) is 0 Å². The Bertz CT molecular complexity index is 565. The van der Waals surface area contributed by atoms with Crippen LogP contribution >= 0.6 is 11.6 Å². The summed E-state index contributed by atoms with van der Waals surface area (Å²) in [6.07, 6.45) is 2.35. The Morgan fingerprint density at radius 2 is 1.88 bits per heavy atom. The highest BCUT2D eigenvalue weighted by Gasteiger charge is 2.18. The lowest BCUT2D eigenvalue weighted by Crippen LogP contribution is -2.20. The Labute approximate surface area is 104 Å². The molecular weight excluding hydrogens is 238 g/mol. The fourth-order valence-electron chi connectivity index (χ4n) is 2.14. The third-order valence-corrected chi connectivity index (χ3v) is 3.12. The molecule has 0 aliphatic carbocycles. The van der Waals surface area contributed by atoms with Gasteiger partial charge in [-0.3, -0.25) is 0 Å². The van der Waals surface area contributed by atoms with Crippen LogP contribution in [0.4, 0.5) is 11.8 Å². The molecule has 88 valence electrons. The first-order valence-corrected chi connectivity index (χ1v) is 5.96. The molecule has 3 rings (SSSR count). The van der Waals surface area contributed by atoms with E-state index in [-0.39, 0.29) is 5.95 Å². The van der Waals surface area contributed by atoms with Crippen molar-refractivity contribution in [2.24, 2.45) is 0 Å². The van der Waals surface area contributed by atoms with Crippen LogP contribution in [-0.2, 0) is 0 Å². The number of rotatable bonds is 1. The first-order valence-electron chi connectivity index (χ1n) is 5.59. The standard InChI is InChI=1S/C11H12ClN5/c12-8-4-3-7-9(15-8)10(16-11(13)14-7)17-5-1-2-6-17/h3-4H,1-2,5-6H2,(H2,13,14,16). The van der Waals surface area contributed by atoms with Crippen LogP contribution in [0.3, 0.4) is 0 Å². The average Bonchev–Trinajstić information content (AvgIpc) is 2.82. The molecule has 6 heteroatoms. The van der Waals surface area contributed by atoms with Gasteiger partial charge in [-0.05, 0) is 25.0 Å². The van der Waals surface area contributed by atoms with Gasteiger partial charge in [0.1, 0.15) is 10.7 Å². The summed E-state index contributed by atoms with van der Waals surface area (Å²) < 4.78 is 0. The largest absolute Gasteiger partial charge is 0.368 e. The van der Waals surface area contributed by atoms with Crippen molar-refractivity contribution in [3.63, 3.8) is 0 Å². The number of halogens is 1. The fourth-order valence-corrected chi connectivity index (χ4v) is 2.29. The fraction of sp³-hybridized carbons (Fsp3) is 0.364. The second kappa shape index (κ2) is 4.00. The number of fused-ring (bicyclic) bond motifs is 1. The molecule has 0 saturated carbocycles. The van der Waals surface area contributed by atoms with Crippen molar-refractivity contribution < 1.29 is 0 Å². The average molecular weight is 250 g/mol. The molecule has 0 amide bonds. The quantitative estimate of drug-likeness (QED) is 0.782. The number of hydrogen-bond acceptors (Lipinski definition) is 5. The third kappa shape index (κ3) is 1.86. The normalized spacial score (nSPS) is 15.7. The molecule has 5 nitrogen and oxygen atoms in total. The van der Waals surface area contributed by atoms with Crippen LogP contribution in [0.15, 0.2) is 12.1 Å².